The van der Waals surface area contributed by atoms with Crippen LogP contribution in [0.5, 0.6) is 0 Å². The molecule has 0 atom stereocenters. The lowest BCUT2D eigenvalue weighted by Crippen LogP contribution is -2.41. The highest BCUT2D eigenvalue weighted by molar-refractivity contribution is 5.99. The molecule has 0 spiro atoms. The molecule has 3 saturated heterocycles. The van der Waals surface area contributed by atoms with Gasteiger partial charge in [0.2, 0.25) is 0 Å². The third kappa shape index (κ3) is 9.86. The maximum Gasteiger partial charge on any atom is 0.253 e. The standard InChI is InChI=1S/C48H59N7O4/c1-3-44-43(45(52-40-18-24-58-25-19-40)42-31-51-55(4-2)46(42)53-44)32-59-41-16-22-54(23-17-41)48(57)39-13-7-12-38(29-39)47(56)50-30-35-9-6-11-37(28-35)36-10-5-8-34(27-36)26-33-14-20-49-21-15-33/h5-13,27-29,31,33,40-41,49H,3-4,14-26,30,32H2,1-2H3,(H,50,56)(H,52,53). The summed E-state index contributed by atoms with van der Waals surface area (Å²) >= 11 is 0. The van der Waals surface area contributed by atoms with E-state index >= 15 is 0 Å². The van der Waals surface area contributed by atoms with Crippen molar-refractivity contribution in [2.24, 2.45) is 5.92 Å². The lowest BCUT2D eigenvalue weighted by Gasteiger charge is -2.32. The van der Waals surface area contributed by atoms with E-state index in [0.717, 1.165) is 116 Å². The molecule has 2 aromatic heterocycles. The van der Waals surface area contributed by atoms with E-state index in [2.05, 4.69) is 77.4 Å². The lowest BCUT2D eigenvalue weighted by molar-refractivity contribution is -0.000497. The Labute approximate surface area is 348 Å². The normalized spacial score (nSPS) is 17.0. The Morgan fingerprint density at radius 3 is 2.32 bits per heavy atom. The van der Waals surface area contributed by atoms with E-state index in [0.29, 0.717) is 43.4 Å². The van der Waals surface area contributed by atoms with Gasteiger partial charge in [-0.3, -0.25) is 9.59 Å². The summed E-state index contributed by atoms with van der Waals surface area (Å²) in [5, 5.41) is 16.1. The van der Waals surface area contributed by atoms with E-state index in [1.165, 1.54) is 24.0 Å². The molecule has 3 aliphatic heterocycles. The number of anilines is 1. The number of benzene rings is 3. The number of aryl methyl sites for hydroxylation is 2. The molecular formula is C48H59N7O4. The van der Waals surface area contributed by atoms with Gasteiger partial charge in [0.15, 0.2) is 5.65 Å². The third-order valence-corrected chi connectivity index (χ3v) is 12.4. The van der Waals surface area contributed by atoms with Crippen LogP contribution in [0.1, 0.15) is 95.5 Å². The Morgan fingerprint density at radius 1 is 0.864 bits per heavy atom. The van der Waals surface area contributed by atoms with Crippen molar-refractivity contribution < 1.29 is 19.1 Å². The number of pyridine rings is 1. The summed E-state index contributed by atoms with van der Waals surface area (Å²) in [5.41, 5.74) is 9.83. The van der Waals surface area contributed by atoms with Gasteiger partial charge in [-0.05, 0) is 124 Å². The topological polar surface area (TPSA) is 123 Å². The second-order valence-corrected chi connectivity index (χ2v) is 16.4. The zero-order valence-electron chi connectivity index (χ0n) is 34.7. The fourth-order valence-electron chi connectivity index (χ4n) is 8.91. The minimum Gasteiger partial charge on any atom is -0.381 e. The van der Waals surface area contributed by atoms with E-state index in [-0.39, 0.29) is 17.9 Å². The monoisotopic (exact) mass is 797 g/mol. The minimum absolute atomic E-state index is 0.0209. The first-order valence-electron chi connectivity index (χ1n) is 21.8. The molecule has 3 fully saturated rings. The van der Waals surface area contributed by atoms with E-state index in [9.17, 15) is 9.59 Å². The van der Waals surface area contributed by atoms with Crippen LogP contribution in [0.4, 0.5) is 5.69 Å². The smallest absolute Gasteiger partial charge is 0.253 e. The number of aromatic nitrogens is 3. The van der Waals surface area contributed by atoms with Crippen molar-refractivity contribution in [3.05, 3.63) is 113 Å². The molecule has 310 valence electrons. The number of fused-ring (bicyclic) bond motifs is 1. The van der Waals surface area contributed by atoms with Gasteiger partial charge in [-0.15, -0.1) is 0 Å². The van der Waals surface area contributed by atoms with Gasteiger partial charge >= 0.3 is 0 Å². The average Bonchev–Trinajstić information content (AvgIpc) is 3.71. The number of ether oxygens (including phenoxy) is 2. The molecule has 3 N–H and O–H groups in total. The molecule has 11 heteroatoms. The molecular weight excluding hydrogens is 739 g/mol. The molecule has 0 aliphatic carbocycles. The first kappa shape index (κ1) is 40.7. The van der Waals surface area contributed by atoms with Crippen molar-refractivity contribution in [2.75, 3.05) is 44.7 Å². The summed E-state index contributed by atoms with van der Waals surface area (Å²) in [5.74, 6) is 0.468. The summed E-state index contributed by atoms with van der Waals surface area (Å²) in [7, 11) is 0. The van der Waals surface area contributed by atoms with Crippen molar-refractivity contribution in [1.82, 2.24) is 30.3 Å². The van der Waals surface area contributed by atoms with E-state index < -0.39 is 0 Å². The fraction of sp³-hybridized carbons (Fsp3) is 0.458. The van der Waals surface area contributed by atoms with Gasteiger partial charge in [0.25, 0.3) is 11.8 Å². The number of likely N-dealkylation sites (tertiary alicyclic amines) is 1. The third-order valence-electron chi connectivity index (χ3n) is 12.4. The Bertz CT molecular complexity index is 2220. The number of hydrogen-bond donors (Lipinski definition) is 3. The minimum atomic E-state index is -0.201. The number of carbonyl (C=O) groups excluding carboxylic acids is 2. The fourth-order valence-corrected chi connectivity index (χ4v) is 8.91. The van der Waals surface area contributed by atoms with Crippen molar-refractivity contribution in [3.8, 4) is 11.1 Å². The summed E-state index contributed by atoms with van der Waals surface area (Å²) in [6, 6.07) is 24.6. The largest absolute Gasteiger partial charge is 0.381 e. The van der Waals surface area contributed by atoms with Crippen LogP contribution in [0.3, 0.4) is 0 Å². The number of amides is 2. The van der Waals surface area contributed by atoms with Crippen LogP contribution in [0.2, 0.25) is 0 Å². The van der Waals surface area contributed by atoms with Gasteiger partial charge in [0, 0.05) is 62.1 Å². The first-order valence-corrected chi connectivity index (χ1v) is 21.8. The van der Waals surface area contributed by atoms with Gasteiger partial charge in [-0.25, -0.2) is 9.67 Å². The van der Waals surface area contributed by atoms with Crippen LogP contribution in [-0.2, 0) is 42.0 Å². The zero-order chi connectivity index (χ0) is 40.6. The van der Waals surface area contributed by atoms with Crippen LogP contribution in [-0.4, -0.2) is 83.0 Å². The van der Waals surface area contributed by atoms with Gasteiger partial charge < -0.3 is 30.3 Å². The first-order chi connectivity index (χ1) is 28.9. The van der Waals surface area contributed by atoms with Crippen molar-refractivity contribution in [1.29, 1.82) is 0 Å². The lowest BCUT2D eigenvalue weighted by atomic mass is 9.90. The Balaban J connectivity index is 0.856. The van der Waals surface area contributed by atoms with Crippen LogP contribution in [0, 0.1) is 5.92 Å². The molecule has 59 heavy (non-hydrogen) atoms. The molecule has 0 bridgehead atoms. The van der Waals surface area contributed by atoms with Gasteiger partial charge in [0.05, 0.1) is 35.7 Å². The Morgan fingerprint density at radius 2 is 1.58 bits per heavy atom. The van der Waals surface area contributed by atoms with Gasteiger partial charge in [-0.2, -0.15) is 5.10 Å². The average molecular weight is 798 g/mol. The molecule has 3 aromatic carbocycles. The number of carbonyl (C=O) groups is 2. The highest BCUT2D eigenvalue weighted by Crippen LogP contribution is 2.33. The van der Waals surface area contributed by atoms with Gasteiger partial charge in [0.1, 0.15) is 0 Å². The zero-order valence-corrected chi connectivity index (χ0v) is 34.7. The number of nitrogens with zero attached hydrogens (tertiary/aromatic N) is 4. The van der Waals surface area contributed by atoms with Gasteiger partial charge in [-0.1, -0.05) is 55.5 Å². The number of hydrogen-bond acceptors (Lipinski definition) is 8. The van der Waals surface area contributed by atoms with Crippen LogP contribution < -0.4 is 16.0 Å². The second-order valence-electron chi connectivity index (χ2n) is 16.4. The van der Waals surface area contributed by atoms with Crippen LogP contribution in [0.25, 0.3) is 22.2 Å². The summed E-state index contributed by atoms with van der Waals surface area (Å²) < 4.78 is 14.2. The molecule has 0 saturated carbocycles. The SMILES string of the molecule is CCc1nc2c(cnn2CC)c(NC2CCOCC2)c1COC1CCN(C(=O)c2cccc(C(=O)NCc3cccc(-c4cccc(CC5CCNCC5)c4)c3)c2)CC1. The predicted molar refractivity (Wildman–Crippen MR) is 233 cm³/mol. The summed E-state index contributed by atoms with van der Waals surface area (Å²) in [6.45, 7) is 10.7. The summed E-state index contributed by atoms with van der Waals surface area (Å²) in [4.78, 5) is 34.1. The quantitative estimate of drug-likeness (QED) is 0.105. The molecule has 8 rings (SSSR count). The van der Waals surface area contributed by atoms with Crippen molar-refractivity contribution >= 4 is 28.5 Å². The highest BCUT2D eigenvalue weighted by Gasteiger charge is 2.27. The van der Waals surface area contributed by atoms with Crippen molar-refractivity contribution in [3.63, 3.8) is 0 Å². The number of rotatable bonds is 14. The number of nitrogens with one attached hydrogen (secondary N) is 3. The number of piperidine rings is 2. The predicted octanol–water partition coefficient (Wildman–Crippen LogP) is 7.57. The van der Waals surface area contributed by atoms with E-state index in [1.807, 2.05) is 21.8 Å². The maximum atomic E-state index is 13.7. The van der Waals surface area contributed by atoms with Crippen molar-refractivity contribution in [2.45, 2.75) is 97.1 Å². The van der Waals surface area contributed by atoms with E-state index in [1.54, 1.807) is 24.3 Å². The molecule has 11 nitrogen and oxygen atoms in total. The van der Waals surface area contributed by atoms with Crippen LogP contribution in [0.15, 0.2) is 79.0 Å². The molecule has 0 unspecified atom stereocenters. The maximum absolute atomic E-state index is 13.7. The summed E-state index contributed by atoms with van der Waals surface area (Å²) in [6.07, 6.45) is 9.69. The molecule has 5 heterocycles. The Kier molecular flexibility index (Phi) is 13.3. The molecule has 0 radical (unpaired) electrons. The molecule has 5 aromatic rings. The Hall–Kier alpha value is -5.10. The van der Waals surface area contributed by atoms with Crippen LogP contribution >= 0.6 is 0 Å². The second kappa shape index (κ2) is 19.3. The molecule has 3 aliphatic rings. The highest BCUT2D eigenvalue weighted by atomic mass is 16.5. The molecule has 2 amide bonds. The van der Waals surface area contributed by atoms with E-state index in [4.69, 9.17) is 14.5 Å².